The van der Waals surface area contributed by atoms with Crippen molar-refractivity contribution in [3.05, 3.63) is 60.2 Å². The number of aryl methyl sites for hydroxylation is 1. The van der Waals surface area contributed by atoms with Crippen molar-refractivity contribution in [3.63, 3.8) is 0 Å². The first-order valence-corrected chi connectivity index (χ1v) is 6.18. The van der Waals surface area contributed by atoms with Gasteiger partial charge in [-0.25, -0.2) is 0 Å². The fourth-order valence-electron chi connectivity index (χ4n) is 2.19. The lowest BCUT2D eigenvalue weighted by Crippen LogP contribution is -1.94. The lowest BCUT2D eigenvalue weighted by molar-refractivity contribution is 0.397. The van der Waals surface area contributed by atoms with Gasteiger partial charge in [-0.15, -0.1) is 0 Å². The van der Waals surface area contributed by atoms with Crippen molar-refractivity contribution in [1.82, 2.24) is 0 Å². The Kier molecular flexibility index (Phi) is 2.93. The van der Waals surface area contributed by atoms with E-state index >= 15 is 0 Å². The molecular formula is C16H16O. The maximum Gasteiger partial charge on any atom is 0.0813 e. The molecule has 0 saturated carbocycles. The summed E-state index contributed by atoms with van der Waals surface area (Å²) >= 11 is 0. The molecule has 0 amide bonds. The molecule has 86 valence electrons. The molecule has 2 aromatic carbocycles. The molecule has 17 heavy (non-hydrogen) atoms. The number of hydrogen-bond donors (Lipinski definition) is 0. The molecule has 0 N–H and O–H groups in total. The summed E-state index contributed by atoms with van der Waals surface area (Å²) in [7, 11) is 0. The van der Waals surface area contributed by atoms with Gasteiger partial charge in [0.15, 0.2) is 0 Å². The van der Waals surface area contributed by atoms with Crippen molar-refractivity contribution < 1.29 is 4.74 Å². The summed E-state index contributed by atoms with van der Waals surface area (Å²) in [4.78, 5) is 0. The molecule has 1 atom stereocenters. The highest BCUT2D eigenvalue weighted by Gasteiger charge is 2.22. The molecule has 0 aromatic heterocycles. The third kappa shape index (κ3) is 2.56. The minimum atomic E-state index is 0.513. The first-order chi connectivity index (χ1) is 8.43. The van der Waals surface area contributed by atoms with E-state index in [0.717, 1.165) is 19.4 Å². The van der Waals surface area contributed by atoms with Crippen molar-refractivity contribution in [2.24, 2.45) is 0 Å². The van der Waals surface area contributed by atoms with E-state index in [4.69, 9.17) is 4.74 Å². The SMILES string of the molecule is c1ccc(-c2ccccc2CCC2CO2)cc1. The molecule has 1 unspecified atom stereocenters. The van der Waals surface area contributed by atoms with E-state index in [1.54, 1.807) is 0 Å². The third-order valence-electron chi connectivity index (χ3n) is 3.24. The number of benzene rings is 2. The molecule has 1 heterocycles. The summed E-state index contributed by atoms with van der Waals surface area (Å²) in [6.45, 7) is 0.952. The van der Waals surface area contributed by atoms with Crippen LogP contribution in [-0.2, 0) is 11.2 Å². The van der Waals surface area contributed by atoms with Crippen molar-refractivity contribution in [2.75, 3.05) is 6.61 Å². The molecule has 1 fully saturated rings. The van der Waals surface area contributed by atoms with E-state index < -0.39 is 0 Å². The van der Waals surface area contributed by atoms with Gasteiger partial charge < -0.3 is 4.74 Å². The molecule has 2 aromatic rings. The largest absolute Gasteiger partial charge is 0.373 e. The maximum absolute atomic E-state index is 5.28. The van der Waals surface area contributed by atoms with Gasteiger partial charge in [0.1, 0.15) is 0 Å². The Morgan fingerprint density at radius 3 is 2.41 bits per heavy atom. The van der Waals surface area contributed by atoms with Gasteiger partial charge in [0.2, 0.25) is 0 Å². The second-order valence-electron chi connectivity index (χ2n) is 4.52. The van der Waals surface area contributed by atoms with E-state index in [-0.39, 0.29) is 0 Å². The van der Waals surface area contributed by atoms with Crippen LogP contribution in [0.2, 0.25) is 0 Å². The first-order valence-electron chi connectivity index (χ1n) is 6.18. The van der Waals surface area contributed by atoms with Crippen LogP contribution in [-0.4, -0.2) is 12.7 Å². The Hall–Kier alpha value is -1.60. The Labute approximate surface area is 102 Å². The van der Waals surface area contributed by atoms with Crippen LogP contribution in [0.25, 0.3) is 11.1 Å². The van der Waals surface area contributed by atoms with Crippen molar-refractivity contribution in [3.8, 4) is 11.1 Å². The molecule has 0 aliphatic carbocycles. The van der Waals surface area contributed by atoms with E-state index in [2.05, 4.69) is 54.6 Å². The van der Waals surface area contributed by atoms with Crippen molar-refractivity contribution in [2.45, 2.75) is 18.9 Å². The van der Waals surface area contributed by atoms with Crippen LogP contribution in [0, 0.1) is 0 Å². The molecule has 1 nitrogen and oxygen atoms in total. The lowest BCUT2D eigenvalue weighted by atomic mass is 9.96. The summed E-state index contributed by atoms with van der Waals surface area (Å²) in [6.07, 6.45) is 2.76. The van der Waals surface area contributed by atoms with E-state index in [0.29, 0.717) is 6.10 Å². The zero-order valence-electron chi connectivity index (χ0n) is 9.80. The smallest absolute Gasteiger partial charge is 0.0813 e. The molecule has 1 heteroatoms. The highest BCUT2D eigenvalue weighted by Crippen LogP contribution is 2.26. The molecule has 1 aliphatic heterocycles. The van der Waals surface area contributed by atoms with Gasteiger partial charge in [-0.3, -0.25) is 0 Å². The number of hydrogen-bond acceptors (Lipinski definition) is 1. The van der Waals surface area contributed by atoms with Crippen molar-refractivity contribution in [1.29, 1.82) is 0 Å². The summed E-state index contributed by atoms with van der Waals surface area (Å²) in [5, 5.41) is 0. The average molecular weight is 224 g/mol. The Morgan fingerprint density at radius 1 is 0.941 bits per heavy atom. The van der Waals surface area contributed by atoms with Crippen LogP contribution in [0.3, 0.4) is 0 Å². The van der Waals surface area contributed by atoms with Crippen LogP contribution < -0.4 is 0 Å². The summed E-state index contributed by atoms with van der Waals surface area (Å²) in [5.74, 6) is 0. The maximum atomic E-state index is 5.28. The highest BCUT2D eigenvalue weighted by molar-refractivity contribution is 5.67. The predicted molar refractivity (Wildman–Crippen MR) is 69.9 cm³/mol. The van der Waals surface area contributed by atoms with E-state index in [1.165, 1.54) is 16.7 Å². The molecule has 0 radical (unpaired) electrons. The Bertz CT molecular complexity index is 486. The number of rotatable bonds is 4. The monoisotopic (exact) mass is 224 g/mol. The first kappa shape index (κ1) is 10.5. The van der Waals surface area contributed by atoms with Crippen LogP contribution >= 0.6 is 0 Å². The Morgan fingerprint density at radius 2 is 1.65 bits per heavy atom. The van der Waals surface area contributed by atoms with Gasteiger partial charge in [0.25, 0.3) is 0 Å². The molecule has 0 spiro atoms. The van der Waals surface area contributed by atoms with Crippen molar-refractivity contribution >= 4 is 0 Å². The zero-order valence-corrected chi connectivity index (χ0v) is 9.80. The van der Waals surface area contributed by atoms with Crippen LogP contribution in [0.5, 0.6) is 0 Å². The fourth-order valence-corrected chi connectivity index (χ4v) is 2.19. The van der Waals surface area contributed by atoms with Gasteiger partial charge in [0.05, 0.1) is 12.7 Å². The number of epoxide rings is 1. The standard InChI is InChI=1S/C16H16O/c1-2-6-13(7-3-1)16-9-5-4-8-14(16)10-11-15-12-17-15/h1-9,15H,10-12H2. The highest BCUT2D eigenvalue weighted by atomic mass is 16.6. The minimum Gasteiger partial charge on any atom is -0.373 e. The Balaban J connectivity index is 1.87. The minimum absolute atomic E-state index is 0.513. The van der Waals surface area contributed by atoms with Gasteiger partial charge in [-0.2, -0.15) is 0 Å². The normalized spacial score (nSPS) is 18.0. The van der Waals surface area contributed by atoms with Crippen LogP contribution in [0.15, 0.2) is 54.6 Å². The molecular weight excluding hydrogens is 208 g/mol. The van der Waals surface area contributed by atoms with Gasteiger partial charge in [0, 0.05) is 0 Å². The lowest BCUT2D eigenvalue weighted by Gasteiger charge is -2.08. The second kappa shape index (κ2) is 4.72. The van der Waals surface area contributed by atoms with Gasteiger partial charge in [-0.05, 0) is 29.5 Å². The second-order valence-corrected chi connectivity index (χ2v) is 4.52. The summed E-state index contributed by atoms with van der Waals surface area (Å²) in [6, 6.07) is 19.3. The van der Waals surface area contributed by atoms with Gasteiger partial charge >= 0.3 is 0 Å². The summed E-state index contributed by atoms with van der Waals surface area (Å²) < 4.78 is 5.28. The predicted octanol–water partition coefficient (Wildman–Crippen LogP) is 3.69. The summed E-state index contributed by atoms with van der Waals surface area (Å²) in [5.41, 5.74) is 4.09. The van der Waals surface area contributed by atoms with Crippen LogP contribution in [0.4, 0.5) is 0 Å². The molecule has 1 saturated heterocycles. The molecule has 3 rings (SSSR count). The topological polar surface area (TPSA) is 12.5 Å². The van der Waals surface area contributed by atoms with E-state index in [9.17, 15) is 0 Å². The quantitative estimate of drug-likeness (QED) is 0.722. The number of ether oxygens (including phenoxy) is 1. The van der Waals surface area contributed by atoms with Crippen LogP contribution in [0.1, 0.15) is 12.0 Å². The molecule has 1 aliphatic rings. The zero-order chi connectivity index (χ0) is 11.5. The third-order valence-corrected chi connectivity index (χ3v) is 3.24. The fraction of sp³-hybridized carbons (Fsp3) is 0.250. The van der Waals surface area contributed by atoms with Gasteiger partial charge in [-0.1, -0.05) is 54.6 Å². The molecule has 0 bridgehead atoms. The average Bonchev–Trinajstić information content (AvgIpc) is 3.22. The van der Waals surface area contributed by atoms with E-state index in [1.807, 2.05) is 0 Å².